The Bertz CT molecular complexity index is 955. The van der Waals surface area contributed by atoms with Gasteiger partial charge in [0, 0.05) is 31.3 Å². The fraction of sp³-hybridized carbons (Fsp3) is 0.222. The van der Waals surface area contributed by atoms with Gasteiger partial charge in [0.15, 0.2) is 5.78 Å². The number of ether oxygens (including phenoxy) is 1. The molecule has 0 fully saturated rings. The monoisotopic (exact) mass is 399 g/mol. The fourth-order valence-electron chi connectivity index (χ4n) is 3.50. The predicted octanol–water partition coefficient (Wildman–Crippen LogP) is 5.23. The molecule has 0 heterocycles. The Morgan fingerprint density at radius 3 is 2.40 bits per heavy atom. The summed E-state index contributed by atoms with van der Waals surface area (Å²) in [5, 5.41) is 0. The van der Waals surface area contributed by atoms with E-state index in [1.54, 1.807) is 7.11 Å². The van der Waals surface area contributed by atoms with Crippen LogP contribution in [-0.2, 0) is 16.1 Å². The molecule has 2 aromatic carbocycles. The second-order valence-electron chi connectivity index (χ2n) is 7.59. The van der Waals surface area contributed by atoms with E-state index in [9.17, 15) is 4.79 Å². The summed E-state index contributed by atoms with van der Waals surface area (Å²) in [7, 11) is 3.72. The lowest BCUT2D eigenvalue weighted by atomic mass is 9.93. The van der Waals surface area contributed by atoms with Gasteiger partial charge in [0.2, 0.25) is 0 Å². The molecule has 0 saturated heterocycles. The van der Waals surface area contributed by atoms with E-state index in [0.29, 0.717) is 17.7 Å². The van der Waals surface area contributed by atoms with Crippen LogP contribution in [0.25, 0.3) is 5.57 Å². The van der Waals surface area contributed by atoms with E-state index in [1.807, 2.05) is 73.8 Å². The normalized spacial score (nSPS) is 16.4. The summed E-state index contributed by atoms with van der Waals surface area (Å²) in [6.45, 7) is 5.39. The number of nitrogens with zero attached hydrogens (tertiary/aromatic N) is 1. The van der Waals surface area contributed by atoms with Crippen molar-refractivity contribution in [2.75, 3.05) is 20.7 Å². The molecule has 1 unspecified atom stereocenters. The van der Waals surface area contributed by atoms with Gasteiger partial charge in [-0.1, -0.05) is 85.5 Å². The third kappa shape index (κ3) is 5.99. The Balaban J connectivity index is 1.77. The molecular weight excluding hydrogens is 370 g/mol. The molecule has 0 radical (unpaired) electrons. The average molecular weight is 400 g/mol. The van der Waals surface area contributed by atoms with Crippen LogP contribution in [0.5, 0.6) is 0 Å². The first-order valence-electron chi connectivity index (χ1n) is 10.2. The van der Waals surface area contributed by atoms with Gasteiger partial charge in [-0.3, -0.25) is 9.69 Å². The summed E-state index contributed by atoms with van der Waals surface area (Å²) < 4.78 is 5.37. The summed E-state index contributed by atoms with van der Waals surface area (Å²) in [4.78, 5) is 15.5. The maximum Gasteiger partial charge on any atom is 0.190 e. The van der Waals surface area contributed by atoms with Gasteiger partial charge in [-0.2, -0.15) is 0 Å². The lowest BCUT2D eigenvalue weighted by molar-refractivity contribution is -0.110. The third-order valence-corrected chi connectivity index (χ3v) is 5.11. The molecule has 1 aliphatic rings. The summed E-state index contributed by atoms with van der Waals surface area (Å²) in [6.07, 6.45) is 9.01. The van der Waals surface area contributed by atoms with E-state index in [-0.39, 0.29) is 11.9 Å². The van der Waals surface area contributed by atoms with Gasteiger partial charge in [-0.25, -0.2) is 0 Å². The van der Waals surface area contributed by atoms with Crippen LogP contribution < -0.4 is 0 Å². The van der Waals surface area contributed by atoms with E-state index in [4.69, 9.17) is 4.74 Å². The van der Waals surface area contributed by atoms with Crippen molar-refractivity contribution in [3.05, 3.63) is 114 Å². The zero-order valence-corrected chi connectivity index (χ0v) is 17.8. The molecular formula is C27H29NO2. The van der Waals surface area contributed by atoms with Crippen LogP contribution in [0.3, 0.4) is 0 Å². The molecule has 3 heteroatoms. The van der Waals surface area contributed by atoms with Crippen LogP contribution in [0, 0.1) is 0 Å². The minimum Gasteiger partial charge on any atom is -0.377 e. The zero-order chi connectivity index (χ0) is 21.3. The van der Waals surface area contributed by atoms with Crippen molar-refractivity contribution >= 4 is 11.4 Å². The second-order valence-corrected chi connectivity index (χ2v) is 7.59. The van der Waals surface area contributed by atoms with Gasteiger partial charge in [0.05, 0.1) is 6.10 Å². The average Bonchev–Trinajstić information content (AvgIpc) is 2.78. The van der Waals surface area contributed by atoms with Gasteiger partial charge < -0.3 is 4.74 Å². The maximum atomic E-state index is 13.4. The molecule has 0 saturated carbocycles. The van der Waals surface area contributed by atoms with Crippen molar-refractivity contribution < 1.29 is 9.53 Å². The third-order valence-electron chi connectivity index (χ3n) is 5.11. The highest BCUT2D eigenvalue weighted by molar-refractivity contribution is 6.29. The summed E-state index contributed by atoms with van der Waals surface area (Å²) in [5.41, 5.74) is 4.38. The van der Waals surface area contributed by atoms with Gasteiger partial charge in [0.1, 0.15) is 0 Å². The number of likely N-dealkylation sites (N-methyl/N-ethyl adjacent to an activating group) is 1. The highest BCUT2D eigenvalue weighted by Crippen LogP contribution is 2.24. The number of Topliss-reactive ketones (excluding diaryl/α,β-unsaturated/α-hetero) is 1. The molecule has 1 aliphatic carbocycles. The Morgan fingerprint density at radius 2 is 1.80 bits per heavy atom. The molecule has 0 bridgehead atoms. The van der Waals surface area contributed by atoms with Crippen LogP contribution in [0.2, 0.25) is 0 Å². The van der Waals surface area contributed by atoms with E-state index >= 15 is 0 Å². The molecule has 0 amide bonds. The topological polar surface area (TPSA) is 29.5 Å². The molecule has 2 aromatic rings. The summed E-state index contributed by atoms with van der Waals surface area (Å²) in [5.74, 6) is -0.0238. The zero-order valence-electron chi connectivity index (χ0n) is 17.8. The summed E-state index contributed by atoms with van der Waals surface area (Å²) >= 11 is 0. The number of carbonyl (C=O) groups excluding carboxylic acids is 1. The molecule has 0 spiro atoms. The van der Waals surface area contributed by atoms with E-state index in [0.717, 1.165) is 24.1 Å². The lowest BCUT2D eigenvalue weighted by Crippen LogP contribution is -2.23. The largest absolute Gasteiger partial charge is 0.377 e. The standard InChI is InChI=1S/C27H29NO2/c1-21(19-28(2)20-23-10-6-4-7-11-23)27(29)26(24-12-8-5-9-13-24)18-22-14-16-25(30-3)17-15-22/h4-16,18,25H,1,17,19-20H2,2-3H3/b26-18-. The van der Waals surface area contributed by atoms with Crippen LogP contribution in [0.4, 0.5) is 0 Å². The van der Waals surface area contributed by atoms with Crippen molar-refractivity contribution in [3.8, 4) is 0 Å². The van der Waals surface area contributed by atoms with Gasteiger partial charge in [-0.15, -0.1) is 0 Å². The number of allylic oxidation sites excluding steroid dienone is 4. The molecule has 3 rings (SSSR count). The van der Waals surface area contributed by atoms with E-state index in [1.165, 1.54) is 5.56 Å². The molecule has 30 heavy (non-hydrogen) atoms. The van der Waals surface area contributed by atoms with Crippen LogP contribution in [0.15, 0.2) is 103 Å². The molecule has 1 atom stereocenters. The van der Waals surface area contributed by atoms with E-state index < -0.39 is 0 Å². The van der Waals surface area contributed by atoms with Crippen LogP contribution >= 0.6 is 0 Å². The van der Waals surface area contributed by atoms with Crippen LogP contribution in [0.1, 0.15) is 17.5 Å². The number of methoxy groups -OCH3 is 1. The Kier molecular flexibility index (Phi) is 7.72. The Morgan fingerprint density at radius 1 is 1.13 bits per heavy atom. The first kappa shape index (κ1) is 21.7. The minimum atomic E-state index is -0.0238. The lowest BCUT2D eigenvalue weighted by Gasteiger charge is -2.19. The fourth-order valence-corrected chi connectivity index (χ4v) is 3.50. The van der Waals surface area contributed by atoms with Gasteiger partial charge in [-0.05, 0) is 36.2 Å². The number of rotatable bonds is 9. The van der Waals surface area contributed by atoms with Crippen molar-refractivity contribution in [1.29, 1.82) is 0 Å². The SMILES string of the molecule is C=C(CN(C)Cc1ccccc1)C(=O)/C(=C\C1=CCC(OC)C=C1)c1ccccc1. The van der Waals surface area contributed by atoms with Gasteiger partial charge >= 0.3 is 0 Å². The molecule has 3 nitrogen and oxygen atoms in total. The van der Waals surface area contributed by atoms with Crippen molar-refractivity contribution in [2.24, 2.45) is 0 Å². The van der Waals surface area contributed by atoms with Crippen molar-refractivity contribution in [3.63, 3.8) is 0 Å². The number of ketones is 1. The highest BCUT2D eigenvalue weighted by Gasteiger charge is 2.18. The van der Waals surface area contributed by atoms with Crippen LogP contribution in [-0.4, -0.2) is 37.5 Å². The number of hydrogen-bond acceptors (Lipinski definition) is 3. The second kappa shape index (κ2) is 10.7. The molecule has 0 aromatic heterocycles. The van der Waals surface area contributed by atoms with E-state index in [2.05, 4.69) is 29.7 Å². The smallest absolute Gasteiger partial charge is 0.190 e. The number of carbonyl (C=O) groups is 1. The first-order chi connectivity index (χ1) is 14.6. The molecule has 0 N–H and O–H groups in total. The summed E-state index contributed by atoms with van der Waals surface area (Å²) in [6, 6.07) is 20.0. The Hall–Kier alpha value is -3.01. The Labute approximate surface area is 179 Å². The van der Waals surface area contributed by atoms with Crippen molar-refractivity contribution in [1.82, 2.24) is 4.90 Å². The quantitative estimate of drug-likeness (QED) is 0.541. The first-order valence-corrected chi connectivity index (χ1v) is 10.2. The van der Waals surface area contributed by atoms with Gasteiger partial charge in [0.25, 0.3) is 0 Å². The maximum absolute atomic E-state index is 13.4. The predicted molar refractivity (Wildman–Crippen MR) is 124 cm³/mol. The highest BCUT2D eigenvalue weighted by atomic mass is 16.5. The molecule has 154 valence electrons. The molecule has 0 aliphatic heterocycles. The number of benzene rings is 2. The van der Waals surface area contributed by atoms with Crippen molar-refractivity contribution in [2.45, 2.75) is 19.1 Å². The minimum absolute atomic E-state index is 0.0238. The number of hydrogen-bond donors (Lipinski definition) is 0.